The highest BCUT2D eigenvalue weighted by molar-refractivity contribution is 6.48. The van der Waals surface area contributed by atoms with E-state index in [0.717, 1.165) is 0 Å². The van der Waals surface area contributed by atoms with Crippen LogP contribution < -0.4 is 0 Å². The van der Waals surface area contributed by atoms with Gasteiger partial charge in [-0.1, -0.05) is 34.8 Å². The molecule has 1 aliphatic heterocycles. The second kappa shape index (κ2) is 6.45. The number of pyridine rings is 1. The molecule has 0 aromatic carbocycles. The SMILES string of the molecule is CC1COC(CO)CN1C(=O)c1ncc(Cl)c(Cl)c1Cl. The number of aliphatic hydroxyl groups is 1. The molecule has 0 saturated carbocycles. The molecule has 20 heavy (non-hydrogen) atoms. The summed E-state index contributed by atoms with van der Waals surface area (Å²) in [7, 11) is 0. The average Bonchev–Trinajstić information content (AvgIpc) is 2.45. The summed E-state index contributed by atoms with van der Waals surface area (Å²) in [5, 5.41) is 9.46. The van der Waals surface area contributed by atoms with Gasteiger partial charge in [-0.05, 0) is 6.92 Å². The lowest BCUT2D eigenvalue weighted by Gasteiger charge is -2.37. The lowest BCUT2D eigenvalue weighted by molar-refractivity contribution is -0.0668. The summed E-state index contributed by atoms with van der Waals surface area (Å²) in [5.74, 6) is -0.359. The first-order valence-corrected chi connectivity index (χ1v) is 7.12. The van der Waals surface area contributed by atoms with Crippen LogP contribution in [0, 0.1) is 0 Å². The molecule has 110 valence electrons. The Balaban J connectivity index is 2.28. The maximum absolute atomic E-state index is 12.5. The Hall–Kier alpha value is -0.590. The Morgan fingerprint density at radius 2 is 2.20 bits per heavy atom. The number of rotatable bonds is 2. The van der Waals surface area contributed by atoms with Gasteiger partial charge >= 0.3 is 0 Å². The molecule has 1 saturated heterocycles. The van der Waals surface area contributed by atoms with Crippen molar-refractivity contribution in [1.82, 2.24) is 9.88 Å². The largest absolute Gasteiger partial charge is 0.394 e. The minimum absolute atomic E-state index is 0.0309. The number of halogens is 3. The van der Waals surface area contributed by atoms with Crippen molar-refractivity contribution in [1.29, 1.82) is 0 Å². The summed E-state index contributed by atoms with van der Waals surface area (Å²) in [6.45, 7) is 2.31. The number of hydrogen-bond acceptors (Lipinski definition) is 4. The molecule has 0 radical (unpaired) electrons. The third kappa shape index (κ3) is 3.02. The van der Waals surface area contributed by atoms with Gasteiger partial charge in [-0.2, -0.15) is 0 Å². The highest BCUT2D eigenvalue weighted by Gasteiger charge is 2.32. The lowest BCUT2D eigenvalue weighted by Crippen LogP contribution is -2.52. The fourth-order valence-corrected chi connectivity index (χ4v) is 2.50. The Morgan fingerprint density at radius 1 is 1.50 bits per heavy atom. The van der Waals surface area contributed by atoms with Gasteiger partial charge in [0, 0.05) is 12.7 Å². The summed E-state index contributed by atoms with van der Waals surface area (Å²) in [5.41, 5.74) is 0.0477. The van der Waals surface area contributed by atoms with Crippen molar-refractivity contribution in [3.63, 3.8) is 0 Å². The Bertz CT molecular complexity index is 527. The van der Waals surface area contributed by atoms with Crippen molar-refractivity contribution in [2.24, 2.45) is 0 Å². The molecule has 1 aromatic heterocycles. The minimum atomic E-state index is -0.406. The van der Waals surface area contributed by atoms with Gasteiger partial charge in [-0.15, -0.1) is 0 Å². The molecule has 2 heterocycles. The van der Waals surface area contributed by atoms with Crippen molar-refractivity contribution in [3.05, 3.63) is 27.0 Å². The van der Waals surface area contributed by atoms with Crippen LogP contribution in [0.2, 0.25) is 15.1 Å². The number of aliphatic hydroxyl groups excluding tert-OH is 1. The summed E-state index contributed by atoms with van der Waals surface area (Å²) in [6, 6.07) is -0.141. The van der Waals surface area contributed by atoms with E-state index >= 15 is 0 Å². The molecule has 1 N–H and O–H groups in total. The number of ether oxygens (including phenoxy) is 1. The van der Waals surface area contributed by atoms with Crippen LogP contribution in [0.4, 0.5) is 0 Å². The van der Waals surface area contributed by atoms with Gasteiger partial charge in [0.05, 0.1) is 40.4 Å². The van der Waals surface area contributed by atoms with E-state index in [4.69, 9.17) is 44.6 Å². The second-order valence-corrected chi connectivity index (χ2v) is 5.69. The van der Waals surface area contributed by atoms with E-state index in [0.29, 0.717) is 6.61 Å². The molecule has 0 spiro atoms. The molecule has 2 rings (SSSR count). The Kier molecular flexibility index (Phi) is 5.09. The molecule has 8 heteroatoms. The number of amides is 1. The fraction of sp³-hybridized carbons (Fsp3) is 0.500. The summed E-state index contributed by atoms with van der Waals surface area (Å²) in [6.07, 6.45) is 0.883. The summed E-state index contributed by atoms with van der Waals surface area (Å²) in [4.78, 5) is 18.0. The van der Waals surface area contributed by atoms with Crippen molar-refractivity contribution in [2.75, 3.05) is 19.8 Å². The Morgan fingerprint density at radius 3 is 2.85 bits per heavy atom. The maximum atomic E-state index is 12.5. The van der Waals surface area contributed by atoms with Crippen LogP contribution in [0.5, 0.6) is 0 Å². The van der Waals surface area contributed by atoms with Crippen LogP contribution in [-0.4, -0.2) is 52.8 Å². The predicted octanol–water partition coefficient (Wildman–Crippen LogP) is 2.26. The molecular formula is C12H13Cl3N2O3. The molecule has 2 unspecified atom stereocenters. The lowest BCUT2D eigenvalue weighted by atomic mass is 10.1. The molecule has 0 bridgehead atoms. The van der Waals surface area contributed by atoms with Gasteiger partial charge in [0.1, 0.15) is 5.69 Å². The minimum Gasteiger partial charge on any atom is -0.394 e. The first-order valence-electron chi connectivity index (χ1n) is 5.98. The van der Waals surface area contributed by atoms with E-state index in [9.17, 15) is 4.79 Å². The quantitative estimate of drug-likeness (QED) is 0.898. The van der Waals surface area contributed by atoms with Gasteiger partial charge < -0.3 is 14.7 Å². The van der Waals surface area contributed by atoms with E-state index in [-0.39, 0.29) is 45.9 Å². The number of aromatic nitrogens is 1. The summed E-state index contributed by atoms with van der Waals surface area (Å²) >= 11 is 17.7. The molecule has 1 fully saturated rings. The van der Waals surface area contributed by atoms with Gasteiger partial charge in [0.25, 0.3) is 5.91 Å². The third-order valence-corrected chi connectivity index (χ3v) is 4.33. The van der Waals surface area contributed by atoms with Crippen LogP contribution in [-0.2, 0) is 4.74 Å². The number of hydrogen-bond donors (Lipinski definition) is 1. The molecule has 2 atom stereocenters. The highest BCUT2D eigenvalue weighted by Crippen LogP contribution is 2.32. The molecule has 1 amide bonds. The molecule has 5 nitrogen and oxygen atoms in total. The van der Waals surface area contributed by atoms with Crippen molar-refractivity contribution >= 4 is 40.7 Å². The fourth-order valence-electron chi connectivity index (χ4n) is 1.94. The maximum Gasteiger partial charge on any atom is 0.274 e. The summed E-state index contributed by atoms with van der Waals surface area (Å²) < 4.78 is 5.38. The second-order valence-electron chi connectivity index (χ2n) is 4.53. The van der Waals surface area contributed by atoms with E-state index in [1.54, 1.807) is 4.90 Å². The van der Waals surface area contributed by atoms with E-state index < -0.39 is 6.10 Å². The normalized spacial score (nSPS) is 22.9. The van der Waals surface area contributed by atoms with Crippen molar-refractivity contribution < 1.29 is 14.6 Å². The van der Waals surface area contributed by atoms with Gasteiger partial charge in [0.2, 0.25) is 0 Å². The smallest absolute Gasteiger partial charge is 0.274 e. The predicted molar refractivity (Wildman–Crippen MR) is 76.6 cm³/mol. The number of nitrogens with zero attached hydrogens (tertiary/aromatic N) is 2. The van der Waals surface area contributed by atoms with Gasteiger partial charge in [0.15, 0.2) is 0 Å². The first kappa shape index (κ1) is 15.8. The van der Waals surface area contributed by atoms with Crippen LogP contribution in [0.25, 0.3) is 0 Å². The van der Waals surface area contributed by atoms with E-state index in [2.05, 4.69) is 4.98 Å². The standard InChI is InChI=1S/C12H13Cl3N2O3/c1-6-5-20-7(4-18)3-17(6)12(19)11-10(15)9(14)8(13)2-16-11/h2,6-7,18H,3-5H2,1H3. The third-order valence-electron chi connectivity index (χ3n) is 3.09. The van der Waals surface area contributed by atoms with Gasteiger partial charge in [-0.3, -0.25) is 4.79 Å². The molecular weight excluding hydrogens is 327 g/mol. The van der Waals surface area contributed by atoms with E-state index in [1.807, 2.05) is 6.92 Å². The topological polar surface area (TPSA) is 62.7 Å². The van der Waals surface area contributed by atoms with Crippen LogP contribution in [0.3, 0.4) is 0 Å². The van der Waals surface area contributed by atoms with Gasteiger partial charge in [-0.25, -0.2) is 4.98 Å². The molecule has 1 aromatic rings. The number of carbonyl (C=O) groups excluding carboxylic acids is 1. The zero-order valence-corrected chi connectivity index (χ0v) is 12.9. The molecule has 0 aliphatic carbocycles. The monoisotopic (exact) mass is 338 g/mol. The zero-order valence-electron chi connectivity index (χ0n) is 10.6. The number of carbonyl (C=O) groups is 1. The van der Waals surface area contributed by atoms with E-state index in [1.165, 1.54) is 6.20 Å². The highest BCUT2D eigenvalue weighted by atomic mass is 35.5. The van der Waals surface area contributed by atoms with Crippen LogP contribution >= 0.6 is 34.8 Å². The van der Waals surface area contributed by atoms with Crippen LogP contribution in [0.15, 0.2) is 6.20 Å². The van der Waals surface area contributed by atoms with Crippen LogP contribution in [0.1, 0.15) is 17.4 Å². The average molecular weight is 340 g/mol. The Labute approximate surface area is 131 Å². The first-order chi connectivity index (χ1) is 9.45. The zero-order chi connectivity index (χ0) is 14.9. The number of morpholine rings is 1. The van der Waals surface area contributed by atoms with Crippen molar-refractivity contribution in [3.8, 4) is 0 Å². The molecule has 1 aliphatic rings. The van der Waals surface area contributed by atoms with Crippen molar-refractivity contribution in [2.45, 2.75) is 19.1 Å².